The number of carbonyl (C=O) groups is 2. The normalized spacial score (nSPS) is 18.8. The number of ether oxygens (including phenoxy) is 1. The van der Waals surface area contributed by atoms with Gasteiger partial charge < -0.3 is 15.2 Å². The molecule has 1 amide bonds. The molecular formula is C15H22N2O6S2. The number of carbonyl (C=O) groups excluding carboxylic acids is 1. The Labute approximate surface area is 150 Å². The SMILES string of the molecule is Cc1ccc(S(=O)(=O)N2CCCC(C(=O)NCCOCC(=O)O)C2)s1. The van der Waals surface area contributed by atoms with Crippen LogP contribution in [-0.4, -0.2) is 62.6 Å². The Balaban J connectivity index is 1.87. The highest BCUT2D eigenvalue weighted by Gasteiger charge is 2.33. The Morgan fingerprint density at radius 2 is 2.20 bits per heavy atom. The monoisotopic (exact) mass is 390 g/mol. The molecule has 140 valence electrons. The van der Waals surface area contributed by atoms with Crippen LogP contribution in [-0.2, 0) is 24.3 Å². The van der Waals surface area contributed by atoms with Crippen LogP contribution in [0.5, 0.6) is 0 Å². The zero-order chi connectivity index (χ0) is 18.4. The quantitative estimate of drug-likeness (QED) is 0.631. The number of carboxylic acid groups (broad SMARTS) is 1. The number of sulfonamides is 1. The molecule has 0 spiro atoms. The van der Waals surface area contributed by atoms with E-state index in [1.54, 1.807) is 12.1 Å². The number of amides is 1. The summed E-state index contributed by atoms with van der Waals surface area (Å²) in [5, 5.41) is 11.1. The summed E-state index contributed by atoms with van der Waals surface area (Å²) >= 11 is 1.22. The number of nitrogens with zero attached hydrogens (tertiary/aromatic N) is 1. The van der Waals surface area contributed by atoms with E-state index in [-0.39, 0.29) is 25.6 Å². The van der Waals surface area contributed by atoms with Gasteiger partial charge in [0.1, 0.15) is 10.8 Å². The Hall–Kier alpha value is -1.49. The average molecular weight is 390 g/mol. The van der Waals surface area contributed by atoms with Crippen molar-refractivity contribution in [3.05, 3.63) is 17.0 Å². The summed E-state index contributed by atoms with van der Waals surface area (Å²) < 4.78 is 31.8. The van der Waals surface area contributed by atoms with Crippen molar-refractivity contribution in [1.82, 2.24) is 9.62 Å². The highest BCUT2D eigenvalue weighted by molar-refractivity contribution is 7.91. The first-order valence-corrected chi connectivity index (χ1v) is 10.2. The molecule has 1 aliphatic rings. The molecule has 2 N–H and O–H groups in total. The highest BCUT2D eigenvalue weighted by atomic mass is 32.2. The molecule has 1 aromatic rings. The zero-order valence-electron chi connectivity index (χ0n) is 13.9. The first-order valence-electron chi connectivity index (χ1n) is 7.94. The molecule has 0 bridgehead atoms. The lowest BCUT2D eigenvalue weighted by Gasteiger charge is -2.30. The predicted molar refractivity (Wildman–Crippen MR) is 92.0 cm³/mol. The summed E-state index contributed by atoms with van der Waals surface area (Å²) in [7, 11) is -3.56. The van der Waals surface area contributed by atoms with Gasteiger partial charge in [0.25, 0.3) is 10.0 Å². The number of hydrogen-bond acceptors (Lipinski definition) is 6. The molecule has 2 rings (SSSR count). The fourth-order valence-corrected chi connectivity index (χ4v) is 5.56. The molecule has 1 aromatic heterocycles. The second kappa shape index (κ2) is 8.75. The summed E-state index contributed by atoms with van der Waals surface area (Å²) in [5.41, 5.74) is 0. The summed E-state index contributed by atoms with van der Waals surface area (Å²) in [6.45, 7) is 2.29. The molecule has 0 saturated carbocycles. The minimum Gasteiger partial charge on any atom is -0.480 e. The lowest BCUT2D eigenvalue weighted by Crippen LogP contribution is -2.45. The molecule has 1 fully saturated rings. The van der Waals surface area contributed by atoms with Crippen LogP contribution in [0.3, 0.4) is 0 Å². The van der Waals surface area contributed by atoms with Crippen LogP contribution in [0.1, 0.15) is 17.7 Å². The Kier molecular flexibility index (Phi) is 6.94. The van der Waals surface area contributed by atoms with Crippen LogP contribution in [0.25, 0.3) is 0 Å². The van der Waals surface area contributed by atoms with Gasteiger partial charge in [0.15, 0.2) is 0 Å². The van der Waals surface area contributed by atoms with Crippen molar-refractivity contribution >= 4 is 33.2 Å². The molecule has 8 nitrogen and oxygen atoms in total. The number of thiophene rings is 1. The number of hydrogen-bond donors (Lipinski definition) is 2. The first kappa shape index (κ1) is 19.8. The van der Waals surface area contributed by atoms with Crippen LogP contribution in [0, 0.1) is 12.8 Å². The number of nitrogens with one attached hydrogen (secondary N) is 1. The minimum atomic E-state index is -3.56. The van der Waals surface area contributed by atoms with Crippen molar-refractivity contribution in [2.24, 2.45) is 5.92 Å². The number of aliphatic carboxylic acids is 1. The van der Waals surface area contributed by atoms with Crippen molar-refractivity contribution in [1.29, 1.82) is 0 Å². The van der Waals surface area contributed by atoms with Crippen LogP contribution in [0.2, 0.25) is 0 Å². The summed E-state index contributed by atoms with van der Waals surface area (Å²) in [6, 6.07) is 3.36. The third-order valence-electron chi connectivity index (χ3n) is 3.84. The summed E-state index contributed by atoms with van der Waals surface area (Å²) in [4.78, 5) is 23.4. The van der Waals surface area contributed by atoms with Crippen molar-refractivity contribution in [2.75, 3.05) is 32.8 Å². The van der Waals surface area contributed by atoms with Gasteiger partial charge in [-0.05, 0) is 31.9 Å². The molecule has 10 heteroatoms. The van der Waals surface area contributed by atoms with Gasteiger partial charge in [-0.1, -0.05) is 0 Å². The fraction of sp³-hybridized carbons (Fsp3) is 0.600. The molecule has 0 aliphatic carbocycles. The van der Waals surface area contributed by atoms with Crippen LogP contribution < -0.4 is 5.32 Å². The molecule has 1 aliphatic heterocycles. The second-order valence-electron chi connectivity index (χ2n) is 5.80. The van der Waals surface area contributed by atoms with E-state index >= 15 is 0 Å². The smallest absolute Gasteiger partial charge is 0.329 e. The van der Waals surface area contributed by atoms with Gasteiger partial charge in [-0.2, -0.15) is 4.31 Å². The van der Waals surface area contributed by atoms with Crippen molar-refractivity contribution in [3.63, 3.8) is 0 Å². The number of aryl methyl sites for hydroxylation is 1. The zero-order valence-corrected chi connectivity index (χ0v) is 15.6. The predicted octanol–water partition coefficient (Wildman–Crippen LogP) is 0.675. The standard InChI is InChI=1S/C15H22N2O6S2/c1-11-4-5-14(24-11)25(21,22)17-7-2-3-12(9-17)15(20)16-6-8-23-10-13(18)19/h4-5,12H,2-3,6-10H2,1H3,(H,16,20)(H,18,19). The molecule has 1 unspecified atom stereocenters. The van der Waals surface area contributed by atoms with E-state index in [0.29, 0.717) is 23.6 Å². The Morgan fingerprint density at radius 3 is 2.84 bits per heavy atom. The highest BCUT2D eigenvalue weighted by Crippen LogP contribution is 2.28. The van der Waals surface area contributed by atoms with Crippen molar-refractivity contribution < 1.29 is 27.9 Å². The van der Waals surface area contributed by atoms with E-state index < -0.39 is 28.5 Å². The van der Waals surface area contributed by atoms with Gasteiger partial charge in [0, 0.05) is 24.5 Å². The van der Waals surface area contributed by atoms with E-state index in [2.05, 4.69) is 5.32 Å². The van der Waals surface area contributed by atoms with Crippen LogP contribution in [0.4, 0.5) is 0 Å². The van der Waals surface area contributed by atoms with E-state index in [4.69, 9.17) is 9.84 Å². The topological polar surface area (TPSA) is 113 Å². The average Bonchev–Trinajstić information content (AvgIpc) is 3.01. The summed E-state index contributed by atoms with van der Waals surface area (Å²) in [5.74, 6) is -1.71. The van der Waals surface area contributed by atoms with E-state index in [9.17, 15) is 18.0 Å². The van der Waals surface area contributed by atoms with Gasteiger partial charge in [-0.15, -0.1) is 11.3 Å². The maximum atomic E-state index is 12.7. The first-order chi connectivity index (χ1) is 11.8. The molecule has 25 heavy (non-hydrogen) atoms. The Bertz CT molecular complexity index is 715. The van der Waals surface area contributed by atoms with Crippen molar-refractivity contribution in [3.8, 4) is 0 Å². The number of rotatable bonds is 8. The lowest BCUT2D eigenvalue weighted by molar-refractivity contribution is -0.142. The Morgan fingerprint density at radius 1 is 1.44 bits per heavy atom. The van der Waals surface area contributed by atoms with Gasteiger partial charge >= 0.3 is 5.97 Å². The van der Waals surface area contributed by atoms with Gasteiger partial charge in [-0.3, -0.25) is 4.79 Å². The molecule has 0 aromatic carbocycles. The number of piperidine rings is 1. The maximum absolute atomic E-state index is 12.7. The summed E-state index contributed by atoms with van der Waals surface area (Å²) in [6.07, 6.45) is 1.24. The largest absolute Gasteiger partial charge is 0.480 e. The molecular weight excluding hydrogens is 368 g/mol. The van der Waals surface area contributed by atoms with Crippen LogP contribution >= 0.6 is 11.3 Å². The lowest BCUT2D eigenvalue weighted by atomic mass is 9.99. The van der Waals surface area contributed by atoms with E-state index in [0.717, 1.165) is 4.88 Å². The van der Waals surface area contributed by atoms with Gasteiger partial charge in [-0.25, -0.2) is 13.2 Å². The minimum absolute atomic E-state index is 0.0985. The molecule has 2 heterocycles. The van der Waals surface area contributed by atoms with E-state index in [1.165, 1.54) is 15.6 Å². The molecule has 1 atom stereocenters. The number of carboxylic acids is 1. The third kappa shape index (κ3) is 5.50. The van der Waals surface area contributed by atoms with Crippen molar-refractivity contribution in [2.45, 2.75) is 24.0 Å². The van der Waals surface area contributed by atoms with E-state index in [1.807, 2.05) is 6.92 Å². The molecule has 1 saturated heterocycles. The van der Waals surface area contributed by atoms with Crippen LogP contribution in [0.15, 0.2) is 16.3 Å². The third-order valence-corrected chi connectivity index (χ3v) is 7.17. The fourth-order valence-electron chi connectivity index (χ4n) is 2.60. The maximum Gasteiger partial charge on any atom is 0.329 e. The van der Waals surface area contributed by atoms with Gasteiger partial charge in [0.2, 0.25) is 5.91 Å². The van der Waals surface area contributed by atoms with Gasteiger partial charge in [0.05, 0.1) is 12.5 Å². The second-order valence-corrected chi connectivity index (χ2v) is 9.26. The molecule has 0 radical (unpaired) electrons.